The third-order valence-electron chi connectivity index (χ3n) is 7.89. The number of hydrogen-bond acceptors (Lipinski definition) is 12. The second-order valence-electron chi connectivity index (χ2n) is 11.5. The average Bonchev–Trinajstić information content (AvgIpc) is 3.22. The van der Waals surface area contributed by atoms with Gasteiger partial charge in [0.1, 0.15) is 0 Å². The molecule has 0 amide bonds. The predicted octanol–water partition coefficient (Wildman–Crippen LogP) is 10.5. The van der Waals surface area contributed by atoms with Gasteiger partial charge < -0.3 is 0 Å². The van der Waals surface area contributed by atoms with Crippen LogP contribution in [0.25, 0.3) is 0 Å². The van der Waals surface area contributed by atoms with Gasteiger partial charge in [-0.2, -0.15) is 0 Å². The molecule has 15 heteroatoms. The molecule has 0 bridgehead atoms. The van der Waals surface area contributed by atoms with Crippen molar-refractivity contribution in [1.29, 1.82) is 0 Å². The molecule has 0 saturated carbocycles. The molecular formula is C40H38O8P2S4Sn. The van der Waals surface area contributed by atoms with Crippen LogP contribution in [0.3, 0.4) is 0 Å². The van der Waals surface area contributed by atoms with Gasteiger partial charge in [-0.25, -0.2) is 0 Å². The van der Waals surface area contributed by atoms with Crippen molar-refractivity contribution in [2.75, 3.05) is 28.4 Å². The van der Waals surface area contributed by atoms with Crippen molar-refractivity contribution in [2.45, 2.75) is 0 Å². The Labute approximate surface area is 341 Å². The van der Waals surface area contributed by atoms with Crippen LogP contribution in [0.1, 0.15) is 0 Å². The Morgan fingerprint density at radius 1 is 0.345 bits per heavy atom. The van der Waals surface area contributed by atoms with Gasteiger partial charge >= 0.3 is 344 Å². The summed E-state index contributed by atoms with van der Waals surface area (Å²) in [5.41, 5.74) is -6.73. The van der Waals surface area contributed by atoms with Crippen LogP contribution in [0, 0.1) is 0 Å². The summed E-state index contributed by atoms with van der Waals surface area (Å²) in [5, 5.41) is 0. The molecule has 0 aliphatic carbocycles. The zero-order chi connectivity index (χ0) is 38.7. The molecule has 8 nitrogen and oxygen atoms in total. The van der Waals surface area contributed by atoms with Gasteiger partial charge in [-0.3, -0.25) is 0 Å². The van der Waals surface area contributed by atoms with Gasteiger partial charge in [0, 0.05) is 0 Å². The van der Waals surface area contributed by atoms with Crippen LogP contribution in [0.2, 0.25) is 0 Å². The van der Waals surface area contributed by atoms with E-state index in [0.717, 1.165) is 7.16 Å². The summed E-state index contributed by atoms with van der Waals surface area (Å²) in [4.78, 5) is 0. The topological polar surface area (TPSA) is 73.8 Å². The van der Waals surface area contributed by atoms with Crippen LogP contribution < -0.4 is 44.2 Å². The second-order valence-corrected chi connectivity index (χ2v) is 48.8. The summed E-state index contributed by atoms with van der Waals surface area (Å²) in [6.07, 6.45) is 0. The molecule has 0 heterocycles. The Bertz CT molecular complexity index is 1950. The minimum absolute atomic E-state index is 0.542. The Morgan fingerprint density at radius 3 is 0.782 bits per heavy atom. The average molecular weight is 956 g/mol. The van der Waals surface area contributed by atoms with Crippen molar-refractivity contribution in [3.05, 3.63) is 158 Å². The number of ether oxygens (including phenoxy) is 4. The molecule has 0 spiro atoms. The SMILES string of the molecule is COc1ccc(OP(=S)(Oc2ccc(OC)cc2)[S][Sn]([S]P(=S)(Oc2ccc(OC)cc2)Oc2ccc(OC)cc2)([c]2ccccc2)[c]2ccccc2)cc1. The zero-order valence-electron chi connectivity index (χ0n) is 30.3. The summed E-state index contributed by atoms with van der Waals surface area (Å²) < 4.78 is 51.3. The maximum atomic E-state index is 6.85. The molecule has 6 aromatic rings. The molecule has 284 valence electrons. The fourth-order valence-electron chi connectivity index (χ4n) is 5.20. The predicted molar refractivity (Wildman–Crippen MR) is 236 cm³/mol. The van der Waals surface area contributed by atoms with E-state index in [1.54, 1.807) is 45.6 Å². The Morgan fingerprint density at radius 2 is 0.564 bits per heavy atom. The molecule has 55 heavy (non-hydrogen) atoms. The van der Waals surface area contributed by atoms with Crippen LogP contribution in [0.5, 0.6) is 46.0 Å². The maximum absolute atomic E-state index is 6.85. The number of rotatable bonds is 18. The third kappa shape index (κ3) is 10.9. The van der Waals surface area contributed by atoms with Gasteiger partial charge in [-0.1, -0.05) is 0 Å². The Balaban J connectivity index is 1.53. The molecule has 6 aromatic carbocycles. The molecule has 0 radical (unpaired) electrons. The summed E-state index contributed by atoms with van der Waals surface area (Å²) in [7, 11) is 9.62. The molecular weight excluding hydrogens is 917 g/mol. The first kappa shape index (κ1) is 41.2. The van der Waals surface area contributed by atoms with Crippen molar-refractivity contribution >= 4 is 74.9 Å². The number of methoxy groups -OCH3 is 4. The molecule has 0 aliphatic heterocycles. The van der Waals surface area contributed by atoms with E-state index in [4.69, 9.17) is 60.7 Å². The fourth-order valence-corrected chi connectivity index (χ4v) is 92.8. The van der Waals surface area contributed by atoms with E-state index in [1.807, 2.05) is 133 Å². The molecule has 0 atom stereocenters. The van der Waals surface area contributed by atoms with E-state index in [0.29, 0.717) is 46.0 Å². The van der Waals surface area contributed by atoms with E-state index in [9.17, 15) is 0 Å². The van der Waals surface area contributed by atoms with Gasteiger partial charge in [0.2, 0.25) is 0 Å². The molecule has 0 aliphatic rings. The van der Waals surface area contributed by atoms with E-state index in [-0.39, 0.29) is 0 Å². The van der Waals surface area contributed by atoms with Crippen molar-refractivity contribution in [1.82, 2.24) is 0 Å². The van der Waals surface area contributed by atoms with Crippen molar-refractivity contribution in [2.24, 2.45) is 0 Å². The van der Waals surface area contributed by atoms with Crippen molar-refractivity contribution in [3.8, 4) is 46.0 Å². The first-order valence-corrected chi connectivity index (χ1v) is 34.7. The summed E-state index contributed by atoms with van der Waals surface area (Å²) in [5.74, 6) is 4.92. The van der Waals surface area contributed by atoms with Crippen molar-refractivity contribution in [3.63, 3.8) is 0 Å². The monoisotopic (exact) mass is 956 g/mol. The van der Waals surface area contributed by atoms with Gasteiger partial charge in [-0.15, -0.1) is 0 Å². The Kier molecular flexibility index (Phi) is 14.3. The zero-order valence-corrected chi connectivity index (χ0v) is 38.2. The normalized spacial score (nSPS) is 11.6. The molecule has 6 rings (SSSR count). The van der Waals surface area contributed by atoms with Gasteiger partial charge in [0.05, 0.1) is 0 Å². The number of hydrogen-bond donors (Lipinski definition) is 0. The van der Waals surface area contributed by atoms with E-state index in [1.165, 1.54) is 0 Å². The van der Waals surface area contributed by atoms with E-state index in [2.05, 4.69) is 24.3 Å². The molecule has 0 unspecified atom stereocenters. The van der Waals surface area contributed by atoms with Gasteiger partial charge in [0.25, 0.3) is 0 Å². The molecule has 0 N–H and O–H groups in total. The van der Waals surface area contributed by atoms with Crippen LogP contribution in [-0.4, -0.2) is 44.1 Å². The van der Waals surface area contributed by atoms with Gasteiger partial charge in [0.15, 0.2) is 0 Å². The summed E-state index contributed by atoms with van der Waals surface area (Å²) >= 11 is 8.69. The minimum atomic E-state index is -4.54. The molecule has 0 aromatic heterocycles. The van der Waals surface area contributed by atoms with Crippen LogP contribution in [-0.2, 0) is 23.6 Å². The van der Waals surface area contributed by atoms with Crippen LogP contribution in [0.4, 0.5) is 0 Å². The van der Waals surface area contributed by atoms with E-state index < -0.39 is 27.0 Å². The molecule has 0 fully saturated rings. The summed E-state index contributed by atoms with van der Waals surface area (Å²) in [6, 6.07) is 49.9. The quantitative estimate of drug-likeness (QED) is 0.0608. The first-order chi connectivity index (χ1) is 26.7. The standard InChI is InChI=1S/2C14H15O4PS2.2C6H5.Sn/c2*1-15-11-3-7-13(8-4-11)17-19(20,21)18-14-9-5-12(16-2)6-10-14;2*1-2-4-6-5-3-1;/h2*3-10H,1-2H3,(H,20,21);2*1-5H;/q;;;;+2/p-2. The summed E-state index contributed by atoms with van der Waals surface area (Å²) in [6.45, 7) is 0. The fraction of sp³-hybridized carbons (Fsp3) is 0.100. The second kappa shape index (κ2) is 19.1. The molecule has 0 saturated heterocycles. The van der Waals surface area contributed by atoms with Crippen molar-refractivity contribution < 1.29 is 37.0 Å². The first-order valence-electron chi connectivity index (χ1n) is 16.7. The van der Waals surface area contributed by atoms with Crippen LogP contribution >= 0.6 is 28.5 Å². The van der Waals surface area contributed by atoms with Crippen LogP contribution in [0.15, 0.2) is 158 Å². The van der Waals surface area contributed by atoms with E-state index >= 15 is 0 Å². The Hall–Kier alpha value is -3.48. The van der Waals surface area contributed by atoms with Gasteiger partial charge in [-0.05, 0) is 0 Å². The number of benzene rings is 6. The third-order valence-corrected chi connectivity index (χ3v) is 70.5.